The van der Waals surface area contributed by atoms with E-state index < -0.39 is 5.97 Å². The van der Waals surface area contributed by atoms with Gasteiger partial charge in [-0.15, -0.1) is 0 Å². The Morgan fingerprint density at radius 1 is 1.05 bits per heavy atom. The predicted molar refractivity (Wildman–Crippen MR) is 72.7 cm³/mol. The van der Waals surface area contributed by atoms with E-state index in [1.165, 1.54) is 0 Å². The summed E-state index contributed by atoms with van der Waals surface area (Å²) in [5.74, 6) is -0.00904. The van der Waals surface area contributed by atoms with Crippen molar-refractivity contribution in [2.24, 2.45) is 11.8 Å². The van der Waals surface area contributed by atoms with Crippen LogP contribution in [0.4, 0.5) is 0 Å². The Morgan fingerprint density at radius 3 is 2.16 bits per heavy atom. The molecular weight excluding hydrogens is 242 g/mol. The molecule has 0 spiro atoms. The molecule has 0 aromatic heterocycles. The summed E-state index contributed by atoms with van der Waals surface area (Å²) < 4.78 is 0. The highest BCUT2D eigenvalue weighted by Crippen LogP contribution is 2.32. The van der Waals surface area contributed by atoms with Gasteiger partial charge in [0.2, 0.25) is 5.91 Å². The van der Waals surface area contributed by atoms with Gasteiger partial charge in [0.1, 0.15) is 6.54 Å². The van der Waals surface area contributed by atoms with E-state index in [1.54, 1.807) is 4.90 Å². The zero-order chi connectivity index (χ0) is 13.8. The zero-order valence-corrected chi connectivity index (χ0v) is 11.8. The Kier molecular flexibility index (Phi) is 4.83. The molecule has 0 aromatic carbocycles. The second-order valence-electron chi connectivity index (χ2n) is 6.25. The smallest absolute Gasteiger partial charge is 0.323 e. The molecule has 19 heavy (non-hydrogen) atoms. The van der Waals surface area contributed by atoms with Crippen molar-refractivity contribution in [3.8, 4) is 0 Å². The number of carbonyl (C=O) groups is 2. The van der Waals surface area contributed by atoms with Crippen molar-refractivity contribution in [3.63, 3.8) is 0 Å². The molecule has 0 aromatic rings. The topological polar surface area (TPSA) is 57.6 Å². The summed E-state index contributed by atoms with van der Waals surface area (Å²) >= 11 is 0. The van der Waals surface area contributed by atoms with Crippen LogP contribution in [0.1, 0.15) is 58.3 Å². The average molecular weight is 267 g/mol. The first-order valence-corrected chi connectivity index (χ1v) is 7.60. The highest BCUT2D eigenvalue weighted by atomic mass is 16.4. The summed E-state index contributed by atoms with van der Waals surface area (Å²) in [5, 5.41) is 9.04. The largest absolute Gasteiger partial charge is 0.480 e. The Morgan fingerprint density at radius 2 is 1.63 bits per heavy atom. The summed E-state index contributed by atoms with van der Waals surface area (Å²) in [6.07, 6.45) is 8.26. The lowest BCUT2D eigenvalue weighted by atomic mass is 9.82. The van der Waals surface area contributed by atoms with Gasteiger partial charge in [0.25, 0.3) is 0 Å². The molecule has 4 nitrogen and oxygen atoms in total. The fourth-order valence-electron chi connectivity index (χ4n) is 3.49. The maximum atomic E-state index is 12.6. The second-order valence-corrected chi connectivity index (χ2v) is 6.25. The number of rotatable bonds is 4. The standard InChI is InChI=1S/C15H25NO3/c1-11-6-8-12(9-7-11)15(19)16(10-14(17)18)13-4-2-3-5-13/h11-13H,2-10H2,1H3,(H,17,18). The SMILES string of the molecule is CC1CCC(C(=O)N(CC(=O)O)C2CCCC2)CC1. The lowest BCUT2D eigenvalue weighted by Gasteiger charge is -2.33. The normalized spacial score (nSPS) is 28.3. The van der Waals surface area contributed by atoms with Crippen LogP contribution in [0.3, 0.4) is 0 Å². The molecular formula is C15H25NO3. The predicted octanol–water partition coefficient (Wildman–Crippen LogP) is 2.67. The molecule has 0 heterocycles. The summed E-state index contributed by atoms with van der Waals surface area (Å²) in [7, 11) is 0. The van der Waals surface area contributed by atoms with Crippen molar-refractivity contribution in [2.75, 3.05) is 6.54 Å². The first-order chi connectivity index (χ1) is 9.08. The van der Waals surface area contributed by atoms with Crippen LogP contribution in [0.15, 0.2) is 0 Å². The van der Waals surface area contributed by atoms with E-state index >= 15 is 0 Å². The molecule has 0 radical (unpaired) electrons. The van der Waals surface area contributed by atoms with Crippen LogP contribution < -0.4 is 0 Å². The summed E-state index contributed by atoms with van der Waals surface area (Å²) in [6.45, 7) is 2.11. The van der Waals surface area contributed by atoms with Gasteiger partial charge in [-0.05, 0) is 44.4 Å². The van der Waals surface area contributed by atoms with Gasteiger partial charge in [-0.3, -0.25) is 9.59 Å². The number of aliphatic carboxylic acids is 1. The van der Waals surface area contributed by atoms with E-state index in [0.29, 0.717) is 5.92 Å². The van der Waals surface area contributed by atoms with Crippen LogP contribution in [0.2, 0.25) is 0 Å². The van der Waals surface area contributed by atoms with Crippen molar-refractivity contribution < 1.29 is 14.7 Å². The number of carbonyl (C=O) groups excluding carboxylic acids is 1. The fourth-order valence-corrected chi connectivity index (χ4v) is 3.49. The van der Waals surface area contributed by atoms with E-state index in [1.807, 2.05) is 0 Å². The van der Waals surface area contributed by atoms with Gasteiger partial charge in [0, 0.05) is 12.0 Å². The highest BCUT2D eigenvalue weighted by molar-refractivity contribution is 5.83. The van der Waals surface area contributed by atoms with Crippen LogP contribution in [-0.2, 0) is 9.59 Å². The molecule has 0 bridgehead atoms. The van der Waals surface area contributed by atoms with Crippen molar-refractivity contribution in [1.82, 2.24) is 4.90 Å². The Labute approximate surface area is 115 Å². The van der Waals surface area contributed by atoms with Gasteiger partial charge in [0.15, 0.2) is 0 Å². The van der Waals surface area contributed by atoms with Gasteiger partial charge >= 0.3 is 5.97 Å². The molecule has 2 fully saturated rings. The lowest BCUT2D eigenvalue weighted by Crippen LogP contribution is -2.45. The summed E-state index contributed by atoms with van der Waals surface area (Å²) in [6, 6.07) is 0.169. The minimum atomic E-state index is -0.885. The quantitative estimate of drug-likeness (QED) is 0.852. The minimum absolute atomic E-state index is 0.0659. The second kappa shape index (κ2) is 6.40. The molecule has 4 heteroatoms. The van der Waals surface area contributed by atoms with Crippen molar-refractivity contribution in [1.29, 1.82) is 0 Å². The molecule has 2 saturated carbocycles. The molecule has 2 rings (SSSR count). The van der Waals surface area contributed by atoms with E-state index in [-0.39, 0.29) is 24.4 Å². The van der Waals surface area contributed by atoms with Crippen molar-refractivity contribution >= 4 is 11.9 Å². The number of carboxylic acids is 1. The Bertz CT molecular complexity index is 328. The Balaban J connectivity index is 2.00. The third kappa shape index (κ3) is 3.71. The zero-order valence-electron chi connectivity index (χ0n) is 11.8. The summed E-state index contributed by atoms with van der Waals surface area (Å²) in [5.41, 5.74) is 0. The van der Waals surface area contributed by atoms with E-state index in [9.17, 15) is 9.59 Å². The van der Waals surface area contributed by atoms with Crippen LogP contribution >= 0.6 is 0 Å². The Hall–Kier alpha value is -1.06. The van der Waals surface area contributed by atoms with E-state index in [2.05, 4.69) is 6.92 Å². The van der Waals surface area contributed by atoms with Gasteiger partial charge in [-0.1, -0.05) is 19.8 Å². The summed E-state index contributed by atoms with van der Waals surface area (Å²) in [4.78, 5) is 25.3. The maximum Gasteiger partial charge on any atom is 0.323 e. The number of nitrogens with zero attached hydrogens (tertiary/aromatic N) is 1. The average Bonchev–Trinajstić information content (AvgIpc) is 2.89. The number of amides is 1. The van der Waals surface area contributed by atoms with Crippen LogP contribution in [0.25, 0.3) is 0 Å². The molecule has 0 atom stereocenters. The van der Waals surface area contributed by atoms with Crippen molar-refractivity contribution in [2.45, 2.75) is 64.3 Å². The molecule has 0 saturated heterocycles. The number of hydrogen-bond donors (Lipinski definition) is 1. The van der Waals surface area contributed by atoms with Gasteiger partial charge in [0.05, 0.1) is 0 Å². The fraction of sp³-hybridized carbons (Fsp3) is 0.867. The van der Waals surface area contributed by atoms with Crippen LogP contribution in [0.5, 0.6) is 0 Å². The van der Waals surface area contributed by atoms with Gasteiger partial charge in [-0.2, -0.15) is 0 Å². The third-order valence-electron chi connectivity index (χ3n) is 4.72. The molecule has 1 amide bonds. The van der Waals surface area contributed by atoms with Crippen LogP contribution in [-0.4, -0.2) is 34.5 Å². The van der Waals surface area contributed by atoms with Gasteiger partial charge < -0.3 is 10.0 Å². The molecule has 108 valence electrons. The first-order valence-electron chi connectivity index (χ1n) is 7.60. The molecule has 0 aliphatic heterocycles. The third-order valence-corrected chi connectivity index (χ3v) is 4.72. The van der Waals surface area contributed by atoms with Gasteiger partial charge in [-0.25, -0.2) is 0 Å². The maximum absolute atomic E-state index is 12.6. The van der Waals surface area contributed by atoms with E-state index in [4.69, 9.17) is 5.11 Å². The lowest BCUT2D eigenvalue weighted by molar-refractivity contribution is -0.149. The van der Waals surface area contributed by atoms with Crippen molar-refractivity contribution in [3.05, 3.63) is 0 Å². The first kappa shape index (κ1) is 14.4. The van der Waals surface area contributed by atoms with Crippen LogP contribution in [0, 0.1) is 11.8 Å². The number of hydrogen-bond acceptors (Lipinski definition) is 2. The molecule has 1 N–H and O–H groups in total. The van der Waals surface area contributed by atoms with E-state index in [0.717, 1.165) is 51.4 Å². The minimum Gasteiger partial charge on any atom is -0.480 e. The number of carboxylic acid groups (broad SMARTS) is 1. The molecule has 2 aliphatic carbocycles. The molecule has 2 aliphatic rings. The highest BCUT2D eigenvalue weighted by Gasteiger charge is 2.33. The molecule has 0 unspecified atom stereocenters. The monoisotopic (exact) mass is 267 g/mol.